The normalized spacial score (nSPS) is 28.3. The van der Waals surface area contributed by atoms with E-state index in [2.05, 4.69) is 22.1 Å². The fourth-order valence-electron chi connectivity index (χ4n) is 3.99. The van der Waals surface area contributed by atoms with E-state index in [1.54, 1.807) is 6.20 Å². The molecule has 4 heteroatoms. The van der Waals surface area contributed by atoms with Gasteiger partial charge in [-0.2, -0.15) is 0 Å². The Labute approximate surface area is 126 Å². The van der Waals surface area contributed by atoms with Gasteiger partial charge in [-0.05, 0) is 43.7 Å². The number of nitrogens with zero attached hydrogens (tertiary/aromatic N) is 2. The molecule has 1 amide bonds. The van der Waals surface area contributed by atoms with Crippen LogP contribution in [0.3, 0.4) is 0 Å². The van der Waals surface area contributed by atoms with E-state index in [0.717, 1.165) is 24.2 Å². The molecule has 2 heterocycles. The van der Waals surface area contributed by atoms with Crippen LogP contribution in [0.25, 0.3) is 0 Å². The molecule has 2 fully saturated rings. The summed E-state index contributed by atoms with van der Waals surface area (Å²) in [6.07, 6.45) is 7.07. The van der Waals surface area contributed by atoms with Crippen LogP contribution in [0.1, 0.15) is 49.9 Å². The number of anilines is 1. The van der Waals surface area contributed by atoms with Gasteiger partial charge in [-0.1, -0.05) is 19.8 Å². The van der Waals surface area contributed by atoms with Crippen LogP contribution < -0.4 is 10.2 Å². The van der Waals surface area contributed by atoms with Crippen molar-refractivity contribution in [2.75, 3.05) is 18.0 Å². The summed E-state index contributed by atoms with van der Waals surface area (Å²) in [5.41, 5.74) is 0.646. The SMILES string of the molecule is CCNC(=O)c1ccc(N2CC(C)C3CCCCC32)nc1. The Bertz CT molecular complexity index is 499. The zero-order valence-electron chi connectivity index (χ0n) is 13.0. The molecule has 1 aliphatic carbocycles. The maximum Gasteiger partial charge on any atom is 0.252 e. The fraction of sp³-hybridized carbons (Fsp3) is 0.647. The van der Waals surface area contributed by atoms with E-state index in [1.165, 1.54) is 25.7 Å². The summed E-state index contributed by atoms with van der Waals surface area (Å²) in [7, 11) is 0. The highest BCUT2D eigenvalue weighted by atomic mass is 16.1. The molecule has 1 saturated carbocycles. The van der Waals surface area contributed by atoms with Gasteiger partial charge in [0.25, 0.3) is 5.91 Å². The zero-order chi connectivity index (χ0) is 14.8. The second-order valence-electron chi connectivity index (χ2n) is 6.41. The van der Waals surface area contributed by atoms with Gasteiger partial charge >= 0.3 is 0 Å². The fourth-order valence-corrected chi connectivity index (χ4v) is 3.99. The first-order valence-corrected chi connectivity index (χ1v) is 8.21. The van der Waals surface area contributed by atoms with E-state index in [0.29, 0.717) is 18.2 Å². The lowest BCUT2D eigenvalue weighted by atomic mass is 9.80. The van der Waals surface area contributed by atoms with Crippen molar-refractivity contribution in [3.05, 3.63) is 23.9 Å². The molecule has 4 nitrogen and oxygen atoms in total. The first-order valence-electron chi connectivity index (χ1n) is 8.21. The minimum atomic E-state index is -0.0399. The monoisotopic (exact) mass is 287 g/mol. The third-order valence-corrected chi connectivity index (χ3v) is 5.04. The molecule has 3 unspecified atom stereocenters. The molecule has 21 heavy (non-hydrogen) atoms. The number of aromatic nitrogens is 1. The molecule has 1 aromatic heterocycles. The van der Waals surface area contributed by atoms with E-state index in [4.69, 9.17) is 0 Å². The molecule has 1 aliphatic heterocycles. The van der Waals surface area contributed by atoms with Gasteiger partial charge in [0.1, 0.15) is 5.82 Å². The van der Waals surface area contributed by atoms with Crippen molar-refractivity contribution >= 4 is 11.7 Å². The molecular weight excluding hydrogens is 262 g/mol. The Morgan fingerprint density at radius 2 is 2.19 bits per heavy atom. The van der Waals surface area contributed by atoms with Gasteiger partial charge < -0.3 is 10.2 Å². The van der Waals surface area contributed by atoms with Crippen molar-refractivity contribution in [2.24, 2.45) is 11.8 Å². The first-order chi connectivity index (χ1) is 10.2. The molecule has 114 valence electrons. The van der Waals surface area contributed by atoms with Crippen LogP contribution in [0, 0.1) is 11.8 Å². The van der Waals surface area contributed by atoms with Gasteiger partial charge in [0.2, 0.25) is 0 Å². The van der Waals surface area contributed by atoms with Crippen molar-refractivity contribution in [3.63, 3.8) is 0 Å². The Hall–Kier alpha value is -1.58. The van der Waals surface area contributed by atoms with Crippen LogP contribution in [-0.2, 0) is 0 Å². The highest BCUT2D eigenvalue weighted by Crippen LogP contribution is 2.41. The first kappa shape index (κ1) is 14.4. The number of carbonyl (C=O) groups is 1. The van der Waals surface area contributed by atoms with Crippen LogP contribution in [0.5, 0.6) is 0 Å². The van der Waals surface area contributed by atoms with E-state index in [9.17, 15) is 4.79 Å². The Morgan fingerprint density at radius 3 is 2.90 bits per heavy atom. The van der Waals surface area contributed by atoms with Crippen LogP contribution in [-0.4, -0.2) is 30.0 Å². The molecule has 0 spiro atoms. The second-order valence-corrected chi connectivity index (χ2v) is 6.41. The lowest BCUT2D eigenvalue weighted by Gasteiger charge is -2.32. The summed E-state index contributed by atoms with van der Waals surface area (Å²) in [6.45, 7) is 6.04. The predicted octanol–water partition coefficient (Wildman–Crippen LogP) is 2.85. The summed E-state index contributed by atoms with van der Waals surface area (Å²) in [5.74, 6) is 2.56. The van der Waals surface area contributed by atoms with Crippen molar-refractivity contribution in [1.82, 2.24) is 10.3 Å². The van der Waals surface area contributed by atoms with Crippen molar-refractivity contribution in [3.8, 4) is 0 Å². The van der Waals surface area contributed by atoms with Gasteiger partial charge in [-0.25, -0.2) is 4.98 Å². The average molecular weight is 287 g/mol. The Kier molecular flexibility index (Phi) is 4.13. The van der Waals surface area contributed by atoms with Gasteiger partial charge in [0.05, 0.1) is 5.56 Å². The lowest BCUT2D eigenvalue weighted by Crippen LogP contribution is -2.35. The standard InChI is InChI=1S/C17H25N3O/c1-3-18-17(21)13-8-9-16(19-10-13)20-11-12(2)14-6-4-5-7-15(14)20/h8-10,12,14-15H,3-7,11H2,1-2H3,(H,18,21). The molecule has 0 aromatic carbocycles. The minimum absolute atomic E-state index is 0.0399. The maximum atomic E-state index is 11.8. The van der Waals surface area contributed by atoms with E-state index < -0.39 is 0 Å². The minimum Gasteiger partial charge on any atom is -0.353 e. The van der Waals surface area contributed by atoms with Crippen molar-refractivity contribution < 1.29 is 4.79 Å². The zero-order valence-corrected chi connectivity index (χ0v) is 13.0. The molecule has 1 N–H and O–H groups in total. The molecular formula is C17H25N3O. The van der Waals surface area contributed by atoms with Crippen LogP contribution >= 0.6 is 0 Å². The highest BCUT2D eigenvalue weighted by Gasteiger charge is 2.40. The molecule has 1 saturated heterocycles. The third-order valence-electron chi connectivity index (χ3n) is 5.04. The number of carbonyl (C=O) groups excluding carboxylic acids is 1. The smallest absolute Gasteiger partial charge is 0.252 e. The number of fused-ring (bicyclic) bond motifs is 1. The van der Waals surface area contributed by atoms with Crippen molar-refractivity contribution in [1.29, 1.82) is 0 Å². The highest BCUT2D eigenvalue weighted by molar-refractivity contribution is 5.94. The number of pyridine rings is 1. The van der Waals surface area contributed by atoms with Crippen molar-refractivity contribution in [2.45, 2.75) is 45.6 Å². The lowest BCUT2D eigenvalue weighted by molar-refractivity contribution is 0.0955. The van der Waals surface area contributed by atoms with E-state index in [-0.39, 0.29) is 5.91 Å². The molecule has 3 atom stereocenters. The molecule has 3 rings (SSSR count). The second kappa shape index (κ2) is 6.04. The topological polar surface area (TPSA) is 45.2 Å². The van der Waals surface area contributed by atoms with Crippen LogP contribution in [0.4, 0.5) is 5.82 Å². The summed E-state index contributed by atoms with van der Waals surface area (Å²) < 4.78 is 0. The Morgan fingerprint density at radius 1 is 1.38 bits per heavy atom. The largest absolute Gasteiger partial charge is 0.353 e. The molecule has 2 aliphatic rings. The van der Waals surface area contributed by atoms with Crippen LogP contribution in [0.2, 0.25) is 0 Å². The van der Waals surface area contributed by atoms with Crippen LogP contribution in [0.15, 0.2) is 18.3 Å². The molecule has 0 radical (unpaired) electrons. The summed E-state index contributed by atoms with van der Waals surface area (Å²) >= 11 is 0. The van der Waals surface area contributed by atoms with E-state index >= 15 is 0 Å². The van der Waals surface area contributed by atoms with Gasteiger partial charge in [0.15, 0.2) is 0 Å². The molecule has 0 bridgehead atoms. The third kappa shape index (κ3) is 2.76. The predicted molar refractivity (Wildman–Crippen MR) is 84.5 cm³/mol. The van der Waals surface area contributed by atoms with Gasteiger partial charge in [-0.3, -0.25) is 4.79 Å². The Balaban J connectivity index is 1.76. The molecule has 1 aromatic rings. The average Bonchev–Trinajstić information content (AvgIpc) is 2.85. The van der Waals surface area contributed by atoms with Gasteiger partial charge in [-0.15, -0.1) is 0 Å². The van der Waals surface area contributed by atoms with E-state index in [1.807, 2.05) is 19.1 Å². The number of nitrogens with one attached hydrogen (secondary N) is 1. The maximum absolute atomic E-state index is 11.8. The summed E-state index contributed by atoms with van der Waals surface area (Å²) in [6, 6.07) is 4.55. The number of hydrogen-bond acceptors (Lipinski definition) is 3. The van der Waals surface area contributed by atoms with Gasteiger partial charge in [0, 0.05) is 25.3 Å². The number of hydrogen-bond donors (Lipinski definition) is 1. The number of amides is 1. The summed E-state index contributed by atoms with van der Waals surface area (Å²) in [4.78, 5) is 18.8. The summed E-state index contributed by atoms with van der Waals surface area (Å²) in [5, 5.41) is 2.81. The number of rotatable bonds is 3. The quantitative estimate of drug-likeness (QED) is 0.930.